The van der Waals surface area contributed by atoms with Crippen molar-refractivity contribution in [1.29, 1.82) is 0 Å². The number of amides is 1. The summed E-state index contributed by atoms with van der Waals surface area (Å²) in [6.45, 7) is 4.91. The van der Waals surface area contributed by atoms with Crippen molar-refractivity contribution in [2.24, 2.45) is 5.92 Å². The molecular formula is C19H22N2O3. The molecule has 0 spiro atoms. The minimum absolute atomic E-state index is 0.00864. The van der Waals surface area contributed by atoms with Crippen LogP contribution in [0.3, 0.4) is 0 Å². The van der Waals surface area contributed by atoms with Gasteiger partial charge in [0.15, 0.2) is 5.78 Å². The summed E-state index contributed by atoms with van der Waals surface area (Å²) >= 11 is 0. The fraction of sp³-hybridized carbons (Fsp3) is 0.421. The van der Waals surface area contributed by atoms with Crippen LogP contribution in [0.5, 0.6) is 0 Å². The van der Waals surface area contributed by atoms with Crippen LogP contribution in [0.25, 0.3) is 0 Å². The zero-order chi connectivity index (χ0) is 17.1. The summed E-state index contributed by atoms with van der Waals surface area (Å²) in [6, 6.07) is 9.38. The normalized spacial score (nSPS) is 15.5. The highest BCUT2D eigenvalue weighted by molar-refractivity contribution is 5.99. The zero-order valence-corrected chi connectivity index (χ0v) is 14.1. The number of Topliss-reactive ketones (excluding diaryl/α,β-unsaturated/α-hetero) is 1. The summed E-state index contributed by atoms with van der Waals surface area (Å²) in [7, 11) is 0. The van der Waals surface area contributed by atoms with E-state index in [1.54, 1.807) is 6.92 Å². The van der Waals surface area contributed by atoms with Crippen molar-refractivity contribution < 1.29 is 14.1 Å². The number of piperidine rings is 1. The van der Waals surface area contributed by atoms with Crippen LogP contribution in [0, 0.1) is 12.8 Å². The number of aryl methyl sites for hydroxylation is 2. The number of likely N-dealkylation sites (tertiary alicyclic amines) is 1. The van der Waals surface area contributed by atoms with E-state index in [0.717, 1.165) is 5.56 Å². The van der Waals surface area contributed by atoms with Crippen molar-refractivity contribution in [3.63, 3.8) is 0 Å². The third-order valence-electron chi connectivity index (χ3n) is 4.69. The molecular weight excluding hydrogens is 304 g/mol. The summed E-state index contributed by atoms with van der Waals surface area (Å²) in [6.07, 6.45) is 2.07. The van der Waals surface area contributed by atoms with Gasteiger partial charge < -0.3 is 9.42 Å². The Morgan fingerprint density at radius 1 is 1.21 bits per heavy atom. The number of aromatic nitrogens is 1. The molecule has 0 atom stereocenters. The standard InChI is InChI=1S/C19H22N2O3/c1-3-16-17(13(2)24-20-16)19(23)21-11-9-15(10-12-21)18(22)14-7-5-4-6-8-14/h4-8,15H,3,9-12H2,1-2H3. The summed E-state index contributed by atoms with van der Waals surface area (Å²) in [4.78, 5) is 27.1. The number of hydrogen-bond acceptors (Lipinski definition) is 4. The van der Waals surface area contributed by atoms with E-state index >= 15 is 0 Å². The van der Waals surface area contributed by atoms with Crippen LogP contribution in [0.1, 0.15) is 51.9 Å². The molecule has 5 nitrogen and oxygen atoms in total. The zero-order valence-electron chi connectivity index (χ0n) is 14.1. The first kappa shape index (κ1) is 16.4. The molecule has 2 heterocycles. The Balaban J connectivity index is 1.66. The van der Waals surface area contributed by atoms with Crippen LogP contribution in [-0.2, 0) is 6.42 Å². The van der Waals surface area contributed by atoms with Gasteiger partial charge in [-0.05, 0) is 26.2 Å². The number of nitrogens with zero attached hydrogens (tertiary/aromatic N) is 2. The highest BCUT2D eigenvalue weighted by Crippen LogP contribution is 2.24. The first-order valence-electron chi connectivity index (χ1n) is 8.45. The Hall–Kier alpha value is -2.43. The average molecular weight is 326 g/mol. The predicted octanol–water partition coefficient (Wildman–Crippen LogP) is 3.28. The van der Waals surface area contributed by atoms with Gasteiger partial charge in [0, 0.05) is 24.6 Å². The van der Waals surface area contributed by atoms with E-state index in [0.29, 0.717) is 49.4 Å². The monoisotopic (exact) mass is 326 g/mol. The molecule has 2 aromatic rings. The lowest BCUT2D eigenvalue weighted by molar-refractivity contribution is 0.0648. The van der Waals surface area contributed by atoms with Crippen molar-refractivity contribution in [3.05, 3.63) is 52.9 Å². The van der Waals surface area contributed by atoms with E-state index in [1.807, 2.05) is 42.2 Å². The maximum Gasteiger partial charge on any atom is 0.259 e. The van der Waals surface area contributed by atoms with Crippen LogP contribution >= 0.6 is 0 Å². The van der Waals surface area contributed by atoms with Gasteiger partial charge >= 0.3 is 0 Å². The summed E-state index contributed by atoms with van der Waals surface area (Å²) in [5.41, 5.74) is 2.05. The van der Waals surface area contributed by atoms with Gasteiger partial charge in [0.05, 0.1) is 5.69 Å². The second-order valence-electron chi connectivity index (χ2n) is 6.21. The lowest BCUT2D eigenvalue weighted by atomic mass is 9.88. The molecule has 0 N–H and O–H groups in total. The molecule has 5 heteroatoms. The number of ketones is 1. The lowest BCUT2D eigenvalue weighted by Crippen LogP contribution is -2.40. The van der Waals surface area contributed by atoms with E-state index < -0.39 is 0 Å². The maximum absolute atomic E-state index is 12.7. The van der Waals surface area contributed by atoms with Crippen molar-refractivity contribution >= 4 is 11.7 Å². The van der Waals surface area contributed by atoms with Crippen molar-refractivity contribution in [1.82, 2.24) is 10.1 Å². The molecule has 1 aliphatic rings. The summed E-state index contributed by atoms with van der Waals surface area (Å²) < 4.78 is 5.16. The van der Waals surface area contributed by atoms with Gasteiger partial charge in [0.1, 0.15) is 11.3 Å². The predicted molar refractivity (Wildman–Crippen MR) is 90.0 cm³/mol. The molecule has 1 fully saturated rings. The van der Waals surface area contributed by atoms with E-state index in [4.69, 9.17) is 4.52 Å². The Kier molecular flexibility index (Phi) is 4.79. The molecule has 24 heavy (non-hydrogen) atoms. The van der Waals surface area contributed by atoms with Crippen LogP contribution in [0.4, 0.5) is 0 Å². The molecule has 0 radical (unpaired) electrons. The van der Waals surface area contributed by atoms with Crippen LogP contribution in [0.2, 0.25) is 0 Å². The molecule has 0 bridgehead atoms. The second kappa shape index (κ2) is 6.99. The van der Waals surface area contributed by atoms with Crippen LogP contribution in [-0.4, -0.2) is 34.8 Å². The molecule has 1 amide bonds. The fourth-order valence-corrected chi connectivity index (χ4v) is 3.27. The first-order valence-corrected chi connectivity index (χ1v) is 8.45. The van der Waals surface area contributed by atoms with Gasteiger partial charge in [-0.3, -0.25) is 9.59 Å². The van der Waals surface area contributed by atoms with Gasteiger partial charge in [0.25, 0.3) is 5.91 Å². The number of carbonyl (C=O) groups excluding carboxylic acids is 2. The quantitative estimate of drug-likeness (QED) is 0.809. The van der Waals surface area contributed by atoms with Crippen molar-refractivity contribution in [3.8, 4) is 0 Å². The SMILES string of the molecule is CCc1noc(C)c1C(=O)N1CCC(C(=O)c2ccccc2)CC1. The Labute approximate surface area is 141 Å². The molecule has 0 aliphatic carbocycles. The Morgan fingerprint density at radius 2 is 1.88 bits per heavy atom. The van der Waals surface area contributed by atoms with Crippen molar-refractivity contribution in [2.45, 2.75) is 33.1 Å². The molecule has 1 aromatic carbocycles. The molecule has 126 valence electrons. The molecule has 3 rings (SSSR count). The van der Waals surface area contributed by atoms with Gasteiger partial charge in [-0.1, -0.05) is 42.4 Å². The fourth-order valence-electron chi connectivity index (χ4n) is 3.27. The minimum Gasteiger partial charge on any atom is -0.361 e. The molecule has 0 unspecified atom stereocenters. The number of rotatable bonds is 4. The second-order valence-corrected chi connectivity index (χ2v) is 6.21. The van der Waals surface area contributed by atoms with E-state index in [1.165, 1.54) is 0 Å². The van der Waals surface area contributed by atoms with Gasteiger partial charge in [0.2, 0.25) is 0 Å². The van der Waals surface area contributed by atoms with Gasteiger partial charge in [-0.15, -0.1) is 0 Å². The largest absolute Gasteiger partial charge is 0.361 e. The maximum atomic E-state index is 12.7. The highest BCUT2D eigenvalue weighted by Gasteiger charge is 2.30. The van der Waals surface area contributed by atoms with E-state index in [2.05, 4.69) is 5.16 Å². The van der Waals surface area contributed by atoms with E-state index in [9.17, 15) is 9.59 Å². The number of carbonyl (C=O) groups is 2. The molecule has 1 saturated heterocycles. The molecule has 0 saturated carbocycles. The molecule has 1 aromatic heterocycles. The summed E-state index contributed by atoms with van der Waals surface area (Å²) in [5, 5.41) is 3.96. The summed E-state index contributed by atoms with van der Waals surface area (Å²) in [5.74, 6) is 0.708. The van der Waals surface area contributed by atoms with Crippen LogP contribution in [0.15, 0.2) is 34.9 Å². The average Bonchev–Trinajstić information content (AvgIpc) is 3.02. The van der Waals surface area contributed by atoms with Crippen molar-refractivity contribution in [2.75, 3.05) is 13.1 Å². The third-order valence-corrected chi connectivity index (χ3v) is 4.69. The number of benzene rings is 1. The van der Waals surface area contributed by atoms with E-state index in [-0.39, 0.29) is 17.6 Å². The first-order chi connectivity index (χ1) is 11.6. The topological polar surface area (TPSA) is 63.4 Å². The highest BCUT2D eigenvalue weighted by atomic mass is 16.5. The van der Waals surface area contributed by atoms with Gasteiger partial charge in [-0.2, -0.15) is 0 Å². The lowest BCUT2D eigenvalue weighted by Gasteiger charge is -2.31. The smallest absolute Gasteiger partial charge is 0.259 e. The molecule has 1 aliphatic heterocycles. The Bertz CT molecular complexity index is 728. The minimum atomic E-state index is -0.0313. The number of hydrogen-bond donors (Lipinski definition) is 0. The van der Waals surface area contributed by atoms with Crippen LogP contribution < -0.4 is 0 Å². The third kappa shape index (κ3) is 3.11. The van der Waals surface area contributed by atoms with Gasteiger partial charge in [-0.25, -0.2) is 0 Å². The Morgan fingerprint density at radius 3 is 2.50 bits per heavy atom.